The van der Waals surface area contributed by atoms with E-state index < -0.39 is 12.8 Å². The second kappa shape index (κ2) is 8.11. The van der Waals surface area contributed by atoms with Gasteiger partial charge in [0, 0.05) is 19.5 Å². The van der Waals surface area contributed by atoms with Crippen LogP contribution in [0, 0.1) is 0 Å². The van der Waals surface area contributed by atoms with Crippen molar-refractivity contribution in [2.75, 3.05) is 26.3 Å². The van der Waals surface area contributed by atoms with Gasteiger partial charge in [-0.3, -0.25) is 19.3 Å². The SMILES string of the molecule is O=C(CCCN1C(=O)c2ccccc2C1=O)NCCOCC(F)(F)F. The molecule has 0 bridgehead atoms. The van der Waals surface area contributed by atoms with E-state index in [1.165, 1.54) is 0 Å². The van der Waals surface area contributed by atoms with Gasteiger partial charge >= 0.3 is 6.18 Å². The number of alkyl halides is 3. The molecule has 0 aromatic heterocycles. The summed E-state index contributed by atoms with van der Waals surface area (Å²) in [5.41, 5.74) is 0.692. The van der Waals surface area contributed by atoms with Crippen LogP contribution in [0.15, 0.2) is 24.3 Å². The maximum absolute atomic E-state index is 12.1. The zero-order chi connectivity index (χ0) is 18.4. The number of nitrogens with one attached hydrogen (secondary N) is 1. The Morgan fingerprint density at radius 2 is 1.72 bits per heavy atom. The zero-order valence-corrected chi connectivity index (χ0v) is 13.3. The number of carbonyl (C=O) groups excluding carboxylic acids is 3. The van der Waals surface area contributed by atoms with Crippen LogP contribution in [0.5, 0.6) is 0 Å². The Balaban J connectivity index is 1.65. The number of rotatable bonds is 8. The normalized spacial score (nSPS) is 14.0. The molecule has 1 N–H and O–H groups in total. The molecular formula is C16H17F3N2O4. The van der Waals surface area contributed by atoms with Crippen LogP contribution in [0.1, 0.15) is 33.6 Å². The lowest BCUT2D eigenvalue weighted by Gasteiger charge is -2.13. The molecule has 0 saturated carbocycles. The molecule has 1 aliphatic rings. The Morgan fingerprint density at radius 1 is 1.12 bits per heavy atom. The molecule has 0 atom stereocenters. The van der Waals surface area contributed by atoms with Crippen molar-refractivity contribution in [1.82, 2.24) is 10.2 Å². The molecule has 1 aliphatic heterocycles. The Kier molecular flexibility index (Phi) is 6.13. The molecule has 25 heavy (non-hydrogen) atoms. The third-order valence-electron chi connectivity index (χ3n) is 3.50. The van der Waals surface area contributed by atoms with Gasteiger partial charge in [-0.15, -0.1) is 0 Å². The van der Waals surface area contributed by atoms with E-state index in [1.54, 1.807) is 24.3 Å². The van der Waals surface area contributed by atoms with Crippen molar-refractivity contribution in [3.8, 4) is 0 Å². The van der Waals surface area contributed by atoms with Gasteiger partial charge in [0.1, 0.15) is 6.61 Å². The largest absolute Gasteiger partial charge is 0.411 e. The second-order valence-electron chi connectivity index (χ2n) is 5.43. The fourth-order valence-corrected chi connectivity index (χ4v) is 2.38. The summed E-state index contributed by atoms with van der Waals surface area (Å²) in [5, 5.41) is 2.41. The fourth-order valence-electron chi connectivity index (χ4n) is 2.38. The summed E-state index contributed by atoms with van der Waals surface area (Å²) in [6.07, 6.45) is -4.08. The third-order valence-corrected chi connectivity index (χ3v) is 3.50. The first-order valence-corrected chi connectivity index (χ1v) is 7.66. The van der Waals surface area contributed by atoms with Crippen molar-refractivity contribution in [3.63, 3.8) is 0 Å². The molecule has 2 rings (SSSR count). The summed E-state index contributed by atoms with van der Waals surface area (Å²) in [6, 6.07) is 6.48. The molecule has 1 aromatic carbocycles. The molecule has 1 heterocycles. The lowest BCUT2D eigenvalue weighted by atomic mass is 10.1. The van der Waals surface area contributed by atoms with Crippen LogP contribution in [-0.2, 0) is 9.53 Å². The number of amides is 3. The van der Waals surface area contributed by atoms with Gasteiger partial charge in [-0.25, -0.2) is 0 Å². The van der Waals surface area contributed by atoms with Gasteiger partial charge in [0.05, 0.1) is 17.7 Å². The van der Waals surface area contributed by atoms with Crippen molar-refractivity contribution in [3.05, 3.63) is 35.4 Å². The van der Waals surface area contributed by atoms with E-state index >= 15 is 0 Å². The van der Waals surface area contributed by atoms with Crippen molar-refractivity contribution >= 4 is 17.7 Å². The smallest absolute Gasteiger partial charge is 0.370 e. The van der Waals surface area contributed by atoms with Gasteiger partial charge in [-0.2, -0.15) is 13.2 Å². The molecule has 0 spiro atoms. The Hall–Kier alpha value is -2.42. The van der Waals surface area contributed by atoms with Crippen LogP contribution in [0.2, 0.25) is 0 Å². The minimum atomic E-state index is -4.39. The van der Waals surface area contributed by atoms with E-state index in [-0.39, 0.29) is 50.3 Å². The molecule has 6 nitrogen and oxygen atoms in total. The van der Waals surface area contributed by atoms with Gasteiger partial charge in [0.25, 0.3) is 11.8 Å². The van der Waals surface area contributed by atoms with Crippen LogP contribution in [0.25, 0.3) is 0 Å². The first kappa shape index (κ1) is 18.9. The van der Waals surface area contributed by atoms with E-state index in [0.29, 0.717) is 11.1 Å². The van der Waals surface area contributed by atoms with Crippen LogP contribution >= 0.6 is 0 Å². The molecule has 3 amide bonds. The number of benzene rings is 1. The topological polar surface area (TPSA) is 75.7 Å². The number of nitrogens with zero attached hydrogens (tertiary/aromatic N) is 1. The average molecular weight is 358 g/mol. The van der Waals surface area contributed by atoms with Crippen molar-refractivity contribution in [2.24, 2.45) is 0 Å². The Bertz CT molecular complexity index is 626. The number of imide groups is 1. The summed E-state index contributed by atoms with van der Waals surface area (Å²) in [4.78, 5) is 36.9. The summed E-state index contributed by atoms with van der Waals surface area (Å²) in [7, 11) is 0. The van der Waals surface area contributed by atoms with E-state index in [1.807, 2.05) is 0 Å². The fraction of sp³-hybridized carbons (Fsp3) is 0.438. The molecule has 9 heteroatoms. The van der Waals surface area contributed by atoms with E-state index in [4.69, 9.17) is 0 Å². The van der Waals surface area contributed by atoms with Gasteiger partial charge in [-0.05, 0) is 18.6 Å². The van der Waals surface area contributed by atoms with Crippen LogP contribution < -0.4 is 5.32 Å². The molecule has 136 valence electrons. The van der Waals surface area contributed by atoms with Crippen LogP contribution in [0.4, 0.5) is 13.2 Å². The lowest BCUT2D eigenvalue weighted by molar-refractivity contribution is -0.173. The summed E-state index contributed by atoms with van der Waals surface area (Å²) >= 11 is 0. The summed E-state index contributed by atoms with van der Waals surface area (Å²) < 4.78 is 39.9. The molecule has 0 aliphatic carbocycles. The highest BCUT2D eigenvalue weighted by molar-refractivity contribution is 6.21. The monoisotopic (exact) mass is 358 g/mol. The maximum Gasteiger partial charge on any atom is 0.411 e. The van der Waals surface area contributed by atoms with Gasteiger partial charge in [-0.1, -0.05) is 12.1 Å². The number of carbonyl (C=O) groups is 3. The van der Waals surface area contributed by atoms with E-state index in [2.05, 4.69) is 10.1 Å². The molecule has 0 radical (unpaired) electrons. The Labute approximate surface area is 141 Å². The first-order chi connectivity index (χ1) is 11.8. The van der Waals surface area contributed by atoms with E-state index in [0.717, 1.165) is 4.90 Å². The van der Waals surface area contributed by atoms with Crippen molar-refractivity contribution in [1.29, 1.82) is 0 Å². The highest BCUT2D eigenvalue weighted by atomic mass is 19.4. The van der Waals surface area contributed by atoms with E-state index in [9.17, 15) is 27.6 Å². The quantitative estimate of drug-likeness (QED) is 0.568. The van der Waals surface area contributed by atoms with Gasteiger partial charge in [0.15, 0.2) is 0 Å². The number of hydrogen-bond acceptors (Lipinski definition) is 4. The van der Waals surface area contributed by atoms with Gasteiger partial charge in [0.2, 0.25) is 5.91 Å². The van der Waals surface area contributed by atoms with Crippen molar-refractivity contribution in [2.45, 2.75) is 19.0 Å². The molecule has 1 aromatic rings. The number of ether oxygens (including phenoxy) is 1. The zero-order valence-electron chi connectivity index (χ0n) is 13.3. The maximum atomic E-state index is 12.1. The highest BCUT2D eigenvalue weighted by Gasteiger charge is 2.34. The van der Waals surface area contributed by atoms with Crippen molar-refractivity contribution < 1.29 is 32.3 Å². The molecule has 0 fully saturated rings. The summed E-state index contributed by atoms with van der Waals surface area (Å²) in [5.74, 6) is -1.16. The third kappa shape index (κ3) is 5.28. The summed E-state index contributed by atoms with van der Waals surface area (Å²) in [6.45, 7) is -1.54. The predicted molar refractivity (Wildman–Crippen MR) is 80.9 cm³/mol. The first-order valence-electron chi connectivity index (χ1n) is 7.66. The predicted octanol–water partition coefficient (Wildman–Crippen LogP) is 1.76. The lowest BCUT2D eigenvalue weighted by Crippen LogP contribution is -2.32. The number of hydrogen-bond donors (Lipinski definition) is 1. The highest BCUT2D eigenvalue weighted by Crippen LogP contribution is 2.22. The number of halogens is 3. The average Bonchev–Trinajstić information content (AvgIpc) is 2.79. The minimum absolute atomic E-state index is 0.0398. The number of fused-ring (bicyclic) bond motifs is 1. The molecule has 0 unspecified atom stereocenters. The van der Waals surface area contributed by atoms with Crippen LogP contribution in [0.3, 0.4) is 0 Å². The molecular weight excluding hydrogens is 341 g/mol. The minimum Gasteiger partial charge on any atom is -0.370 e. The second-order valence-corrected chi connectivity index (χ2v) is 5.43. The standard InChI is InChI=1S/C16H17F3N2O4/c17-16(18,19)10-25-9-7-20-13(22)6-3-8-21-14(23)11-4-1-2-5-12(11)15(21)24/h1-2,4-5H,3,6-10H2,(H,20,22). The Morgan fingerprint density at radius 3 is 2.28 bits per heavy atom. The van der Waals surface area contributed by atoms with Gasteiger partial charge < -0.3 is 10.1 Å². The molecule has 0 saturated heterocycles. The van der Waals surface area contributed by atoms with Crippen LogP contribution in [-0.4, -0.2) is 55.1 Å².